The Morgan fingerprint density at radius 3 is 3.06 bits per heavy atom. The molecular weight excluding hydrogens is 216 g/mol. The fourth-order valence-electron chi connectivity index (χ4n) is 2.43. The highest BCUT2D eigenvalue weighted by atomic mass is 16.3. The molecule has 2 rings (SSSR count). The summed E-state index contributed by atoms with van der Waals surface area (Å²) in [4.78, 5) is 2.28. The second-order valence-electron chi connectivity index (χ2n) is 5.16. The molecule has 1 aromatic heterocycles. The van der Waals surface area contributed by atoms with Crippen molar-refractivity contribution in [2.24, 2.45) is 5.41 Å². The normalized spacial score (nSPS) is 25.7. The predicted molar refractivity (Wildman–Crippen MR) is 63.1 cm³/mol. The van der Waals surface area contributed by atoms with Crippen LogP contribution in [0.1, 0.15) is 31.3 Å². The molecule has 2 heterocycles. The topological polar surface area (TPSA) is 60.4 Å². The quantitative estimate of drug-likeness (QED) is 0.865. The lowest BCUT2D eigenvalue weighted by molar-refractivity contribution is 0.0399. The third-order valence-electron chi connectivity index (χ3n) is 3.39. The summed E-state index contributed by atoms with van der Waals surface area (Å²) in [6, 6.07) is 5.54. The largest absolute Gasteiger partial charge is 0.449 e. The summed E-state index contributed by atoms with van der Waals surface area (Å²) in [5, 5.41) is 18.1. The fourth-order valence-corrected chi connectivity index (χ4v) is 2.43. The Morgan fingerprint density at radius 2 is 2.41 bits per heavy atom. The fraction of sp³-hybridized carbons (Fsp3) is 0.615. The number of likely N-dealkylation sites (tertiary alicyclic amines) is 1. The number of hydrogen-bond donors (Lipinski definition) is 1. The molecule has 1 aliphatic rings. The molecule has 1 atom stereocenters. The molecule has 1 fully saturated rings. The van der Waals surface area contributed by atoms with Crippen molar-refractivity contribution in [2.45, 2.75) is 26.3 Å². The van der Waals surface area contributed by atoms with E-state index < -0.39 is 0 Å². The van der Waals surface area contributed by atoms with Gasteiger partial charge in [-0.25, -0.2) is 0 Å². The number of rotatable bonds is 3. The Kier molecular flexibility index (Phi) is 3.51. The molecule has 0 radical (unpaired) electrons. The van der Waals surface area contributed by atoms with Crippen LogP contribution in [0.2, 0.25) is 0 Å². The molecule has 1 saturated heterocycles. The number of piperidine rings is 1. The highest BCUT2D eigenvalue weighted by molar-refractivity contribution is 5.19. The first-order valence-corrected chi connectivity index (χ1v) is 5.97. The van der Waals surface area contributed by atoms with Gasteiger partial charge in [-0.2, -0.15) is 5.26 Å². The van der Waals surface area contributed by atoms with Crippen molar-refractivity contribution in [2.75, 3.05) is 19.7 Å². The minimum Gasteiger partial charge on any atom is -0.449 e. The molecule has 0 aliphatic carbocycles. The summed E-state index contributed by atoms with van der Waals surface area (Å²) in [5.41, 5.74) is 0.00288. The Morgan fingerprint density at radius 1 is 1.59 bits per heavy atom. The Hall–Kier alpha value is -1.31. The van der Waals surface area contributed by atoms with Gasteiger partial charge in [0.15, 0.2) is 0 Å². The van der Waals surface area contributed by atoms with E-state index in [1.165, 1.54) is 0 Å². The van der Waals surface area contributed by atoms with Crippen LogP contribution in [0.5, 0.6) is 0 Å². The standard InChI is InChI=1S/C13H18N2O2/c1-13(10-16)5-2-6-15(9-13)8-12-4-3-11(7-14)17-12/h3-4,16H,2,5-6,8-10H2,1H3. The van der Waals surface area contributed by atoms with Crippen molar-refractivity contribution in [3.8, 4) is 6.07 Å². The van der Waals surface area contributed by atoms with Crippen molar-refractivity contribution in [3.63, 3.8) is 0 Å². The van der Waals surface area contributed by atoms with Crippen LogP contribution in [0.25, 0.3) is 0 Å². The zero-order chi connectivity index (χ0) is 12.3. The number of aliphatic hydroxyl groups is 1. The maximum absolute atomic E-state index is 9.38. The number of furan rings is 1. The van der Waals surface area contributed by atoms with E-state index in [1.54, 1.807) is 6.07 Å². The van der Waals surface area contributed by atoms with Crippen LogP contribution in [0.15, 0.2) is 16.5 Å². The Labute approximate surface area is 101 Å². The smallest absolute Gasteiger partial charge is 0.203 e. The number of aliphatic hydroxyl groups excluding tert-OH is 1. The first kappa shape index (κ1) is 12.2. The van der Waals surface area contributed by atoms with E-state index in [-0.39, 0.29) is 12.0 Å². The van der Waals surface area contributed by atoms with Gasteiger partial charge in [0.25, 0.3) is 0 Å². The van der Waals surface area contributed by atoms with E-state index in [1.807, 2.05) is 12.1 Å². The van der Waals surface area contributed by atoms with Gasteiger partial charge in [0.05, 0.1) is 6.54 Å². The van der Waals surface area contributed by atoms with E-state index in [0.717, 1.165) is 38.2 Å². The molecule has 1 N–H and O–H groups in total. The molecule has 1 aliphatic heterocycles. The first-order valence-electron chi connectivity index (χ1n) is 5.97. The Bertz CT molecular complexity index is 421. The second-order valence-corrected chi connectivity index (χ2v) is 5.16. The summed E-state index contributed by atoms with van der Waals surface area (Å²) >= 11 is 0. The van der Waals surface area contributed by atoms with Crippen LogP contribution in [-0.4, -0.2) is 29.7 Å². The van der Waals surface area contributed by atoms with E-state index in [4.69, 9.17) is 9.68 Å². The maximum Gasteiger partial charge on any atom is 0.203 e. The van der Waals surface area contributed by atoms with Gasteiger partial charge < -0.3 is 9.52 Å². The van der Waals surface area contributed by atoms with Gasteiger partial charge >= 0.3 is 0 Å². The van der Waals surface area contributed by atoms with E-state index in [2.05, 4.69) is 11.8 Å². The predicted octanol–water partition coefficient (Wildman–Crippen LogP) is 1.75. The number of nitriles is 1. The lowest BCUT2D eigenvalue weighted by atomic mass is 9.83. The highest BCUT2D eigenvalue weighted by Gasteiger charge is 2.30. The van der Waals surface area contributed by atoms with E-state index in [0.29, 0.717) is 5.76 Å². The number of nitrogens with zero attached hydrogens (tertiary/aromatic N) is 2. The van der Waals surface area contributed by atoms with Gasteiger partial charge in [-0.05, 0) is 31.5 Å². The molecule has 4 heteroatoms. The average molecular weight is 234 g/mol. The lowest BCUT2D eigenvalue weighted by Gasteiger charge is -2.38. The molecule has 17 heavy (non-hydrogen) atoms. The van der Waals surface area contributed by atoms with Gasteiger partial charge in [-0.1, -0.05) is 6.92 Å². The molecule has 0 bridgehead atoms. The molecule has 0 saturated carbocycles. The lowest BCUT2D eigenvalue weighted by Crippen LogP contribution is -2.43. The van der Waals surface area contributed by atoms with Crippen molar-refractivity contribution >= 4 is 0 Å². The molecule has 1 unspecified atom stereocenters. The van der Waals surface area contributed by atoms with Crippen LogP contribution < -0.4 is 0 Å². The van der Waals surface area contributed by atoms with Crippen LogP contribution >= 0.6 is 0 Å². The molecule has 0 amide bonds. The molecular formula is C13H18N2O2. The highest BCUT2D eigenvalue weighted by Crippen LogP contribution is 2.29. The van der Waals surface area contributed by atoms with Crippen LogP contribution in [0, 0.1) is 16.7 Å². The minimum atomic E-state index is 0.00288. The SMILES string of the molecule is CC1(CO)CCCN(Cc2ccc(C#N)o2)C1. The van der Waals surface area contributed by atoms with Gasteiger partial charge in [-0.15, -0.1) is 0 Å². The summed E-state index contributed by atoms with van der Waals surface area (Å²) < 4.78 is 5.37. The Balaban J connectivity index is 1.97. The van der Waals surface area contributed by atoms with Crippen LogP contribution in [0.4, 0.5) is 0 Å². The molecule has 4 nitrogen and oxygen atoms in total. The van der Waals surface area contributed by atoms with Crippen LogP contribution in [-0.2, 0) is 6.54 Å². The molecule has 0 spiro atoms. The van der Waals surface area contributed by atoms with Crippen molar-refractivity contribution in [1.29, 1.82) is 5.26 Å². The monoisotopic (exact) mass is 234 g/mol. The van der Waals surface area contributed by atoms with Crippen molar-refractivity contribution in [3.05, 3.63) is 23.7 Å². The summed E-state index contributed by atoms with van der Waals surface area (Å²) in [6.45, 7) is 4.97. The van der Waals surface area contributed by atoms with Gasteiger partial charge in [0, 0.05) is 18.6 Å². The molecule has 92 valence electrons. The van der Waals surface area contributed by atoms with E-state index in [9.17, 15) is 5.11 Å². The minimum absolute atomic E-state index is 0.00288. The third kappa shape index (κ3) is 2.87. The number of hydrogen-bond acceptors (Lipinski definition) is 4. The second kappa shape index (κ2) is 4.91. The zero-order valence-electron chi connectivity index (χ0n) is 10.1. The summed E-state index contributed by atoms with van der Waals surface area (Å²) in [6.07, 6.45) is 2.17. The zero-order valence-corrected chi connectivity index (χ0v) is 10.1. The average Bonchev–Trinajstić information content (AvgIpc) is 2.77. The van der Waals surface area contributed by atoms with Gasteiger partial charge in [-0.3, -0.25) is 4.90 Å². The maximum atomic E-state index is 9.38. The van der Waals surface area contributed by atoms with Gasteiger partial charge in [0.2, 0.25) is 5.76 Å². The third-order valence-corrected chi connectivity index (χ3v) is 3.39. The van der Waals surface area contributed by atoms with Gasteiger partial charge in [0.1, 0.15) is 11.8 Å². The van der Waals surface area contributed by atoms with E-state index >= 15 is 0 Å². The first-order chi connectivity index (χ1) is 8.15. The summed E-state index contributed by atoms with van der Waals surface area (Å²) in [7, 11) is 0. The van der Waals surface area contributed by atoms with Crippen molar-refractivity contribution < 1.29 is 9.52 Å². The molecule has 1 aromatic rings. The van der Waals surface area contributed by atoms with Crippen molar-refractivity contribution in [1.82, 2.24) is 4.90 Å². The molecule has 0 aromatic carbocycles. The summed E-state index contributed by atoms with van der Waals surface area (Å²) in [5.74, 6) is 1.19. The van der Waals surface area contributed by atoms with Crippen LogP contribution in [0.3, 0.4) is 0 Å².